The standard InChI is InChI=1S/C16H15NO6.C16H17NO4.C16H16O4.C15H14O4.C8H8O4/c1-21-14-8-12(16(18)22-2)13(17(19)20)9-15(14)23-10-11-6-4-3-5-7-11;1-19-14-8-12(16(18)20-2)13(17)9-15(14)21-10-11-6-4-3-5-7-11;1-18-15-10-13(16(17)19-2)8-9-14(15)20-11-12-6-4-3-5-7-12;1-18-14-9-12(15(16)17)7-8-13(14)19-10-11-5-3-2-4-6-11;1-12-7-4-5(8(10)11)2-3-6(7)9/h3-9H,10H2,1-2H3;3-9H,10,17H2,1-2H3;3-10H,11H2,1-2H3;2-9H,10H2,1H3,(H,16,17);2-4,9H,1H3,(H,10,11). The second-order valence-electron chi connectivity index (χ2n) is 19.2. The number of methoxy groups -OCH3 is 8. The Morgan fingerprint density at radius 3 is 1.05 bits per heavy atom. The van der Waals surface area contributed by atoms with Crippen LogP contribution in [0.15, 0.2) is 200 Å². The molecule has 95 heavy (non-hydrogen) atoms. The molecule has 0 aliphatic heterocycles. The number of nitrogens with zero attached hydrogens (tertiary/aromatic N) is 1. The number of anilines is 1. The van der Waals surface area contributed by atoms with Crippen LogP contribution in [0.4, 0.5) is 11.4 Å². The minimum Gasteiger partial charge on any atom is -0.504 e. The molecule has 0 saturated carbocycles. The second kappa shape index (κ2) is 38.3. The smallest absolute Gasteiger partial charge is 0.345 e. The number of esters is 3. The van der Waals surface area contributed by atoms with Crippen LogP contribution in [0, 0.1) is 10.1 Å². The Morgan fingerprint density at radius 1 is 0.368 bits per heavy atom. The van der Waals surface area contributed by atoms with E-state index in [0.29, 0.717) is 59.9 Å². The average molecular weight is 1300 g/mol. The van der Waals surface area contributed by atoms with Crippen molar-refractivity contribution in [1.29, 1.82) is 0 Å². The highest BCUT2D eigenvalue weighted by Gasteiger charge is 2.26. The van der Waals surface area contributed by atoms with Gasteiger partial charge in [-0.05, 0) is 76.9 Å². The normalized spacial score (nSPS) is 9.89. The van der Waals surface area contributed by atoms with E-state index in [1.54, 1.807) is 30.3 Å². The summed E-state index contributed by atoms with van der Waals surface area (Å²) >= 11 is 0. The number of carbonyl (C=O) groups excluding carboxylic acids is 3. The fraction of sp³-hybridized carbons (Fsp3) is 0.169. The van der Waals surface area contributed by atoms with Gasteiger partial charge in [-0.3, -0.25) is 10.1 Å². The number of benzene rings is 9. The molecule has 5 N–H and O–H groups in total. The molecule has 0 atom stereocenters. The number of ether oxygens (including phenoxy) is 12. The lowest BCUT2D eigenvalue weighted by molar-refractivity contribution is -0.385. The lowest BCUT2D eigenvalue weighted by atomic mass is 10.1. The molecule has 9 aromatic rings. The molecule has 496 valence electrons. The zero-order chi connectivity index (χ0) is 69.2. The number of aromatic carboxylic acids is 2. The van der Waals surface area contributed by atoms with E-state index in [2.05, 4.69) is 14.2 Å². The Labute approximate surface area is 547 Å². The SMILES string of the molecule is COC(=O)c1cc(OC)c(OCc2ccccc2)cc1N.COC(=O)c1cc(OC)c(OCc2ccccc2)cc1[N+](=O)[O-].COC(=O)c1ccc(OCc2ccccc2)c(OC)c1.COc1cc(C(=O)O)ccc1O.COc1cc(C(=O)O)ccc1OCc1ccccc1. The van der Waals surface area contributed by atoms with Crippen molar-refractivity contribution in [3.63, 3.8) is 0 Å². The van der Waals surface area contributed by atoms with Crippen LogP contribution in [0.2, 0.25) is 0 Å². The fourth-order valence-electron chi connectivity index (χ4n) is 8.08. The van der Waals surface area contributed by atoms with E-state index in [-0.39, 0.29) is 57.5 Å². The van der Waals surface area contributed by atoms with Crippen molar-refractivity contribution in [1.82, 2.24) is 0 Å². The molecule has 0 radical (unpaired) electrons. The fourth-order valence-corrected chi connectivity index (χ4v) is 8.08. The molecule has 0 spiro atoms. The van der Waals surface area contributed by atoms with Crippen LogP contribution in [0.5, 0.6) is 57.5 Å². The predicted molar refractivity (Wildman–Crippen MR) is 349 cm³/mol. The second-order valence-corrected chi connectivity index (χ2v) is 19.2. The van der Waals surface area contributed by atoms with Crippen LogP contribution in [-0.4, -0.2) is 107 Å². The number of nitrogen functional groups attached to an aromatic ring is 1. The van der Waals surface area contributed by atoms with Crippen molar-refractivity contribution in [3.05, 3.63) is 260 Å². The van der Waals surface area contributed by atoms with Crippen molar-refractivity contribution in [2.24, 2.45) is 0 Å². The number of hydrogen-bond donors (Lipinski definition) is 4. The van der Waals surface area contributed by atoms with Gasteiger partial charge >= 0.3 is 29.8 Å². The first-order chi connectivity index (χ1) is 45.8. The summed E-state index contributed by atoms with van der Waals surface area (Å²) in [4.78, 5) is 66.5. The molecule has 9 aromatic carbocycles. The molecule has 0 heterocycles. The van der Waals surface area contributed by atoms with Crippen LogP contribution in [-0.2, 0) is 40.6 Å². The maximum atomic E-state index is 11.7. The molecule has 0 bridgehead atoms. The molecule has 0 unspecified atom stereocenters. The number of nitro benzene ring substituents is 1. The van der Waals surface area contributed by atoms with Gasteiger partial charge in [0.2, 0.25) is 0 Å². The maximum absolute atomic E-state index is 11.7. The number of aromatic hydroxyl groups is 1. The number of carboxylic acid groups (broad SMARTS) is 2. The summed E-state index contributed by atoms with van der Waals surface area (Å²) < 4.78 is 62.0. The van der Waals surface area contributed by atoms with Gasteiger partial charge in [-0.2, -0.15) is 0 Å². The summed E-state index contributed by atoms with van der Waals surface area (Å²) in [5, 5.41) is 37.7. The lowest BCUT2D eigenvalue weighted by Gasteiger charge is -2.13. The Balaban J connectivity index is 0.000000218. The number of phenolic OH excluding ortho intramolecular Hbond substituents is 1. The minimum absolute atomic E-state index is 0.0671. The summed E-state index contributed by atoms with van der Waals surface area (Å²) in [6.45, 7) is 1.44. The molecule has 0 aliphatic carbocycles. The molecular weight excluding hydrogens is 1230 g/mol. The molecule has 0 amide bonds. The van der Waals surface area contributed by atoms with E-state index in [9.17, 15) is 34.1 Å². The lowest BCUT2D eigenvalue weighted by Crippen LogP contribution is -2.07. The Hall–Kier alpha value is -12.5. The molecule has 24 nitrogen and oxygen atoms in total. The van der Waals surface area contributed by atoms with E-state index in [0.717, 1.165) is 35.4 Å². The third kappa shape index (κ3) is 22.8. The van der Waals surface area contributed by atoms with Crippen LogP contribution in [0.3, 0.4) is 0 Å². The number of carboxylic acids is 2. The zero-order valence-corrected chi connectivity index (χ0v) is 53.0. The predicted octanol–water partition coefficient (Wildman–Crippen LogP) is 12.7. The van der Waals surface area contributed by atoms with Gasteiger partial charge in [-0.15, -0.1) is 0 Å². The number of phenols is 1. The summed E-state index contributed by atoms with van der Waals surface area (Å²) in [7, 11) is 11.1. The van der Waals surface area contributed by atoms with E-state index < -0.39 is 40.5 Å². The summed E-state index contributed by atoms with van der Waals surface area (Å²) in [5.74, 6) is -0.351. The number of hydrogen-bond acceptors (Lipinski definition) is 21. The number of carbonyl (C=O) groups is 5. The van der Waals surface area contributed by atoms with Gasteiger partial charge in [-0.1, -0.05) is 121 Å². The Kier molecular flexibility index (Phi) is 29.5. The Morgan fingerprint density at radius 2 is 0.684 bits per heavy atom. The first-order valence-corrected chi connectivity index (χ1v) is 28.3. The highest BCUT2D eigenvalue weighted by molar-refractivity contribution is 5.96. The number of nitro groups is 1. The quantitative estimate of drug-likeness (QED) is 0.0152. The van der Waals surface area contributed by atoms with Crippen LogP contribution >= 0.6 is 0 Å². The molecule has 0 saturated heterocycles. The molecule has 0 aliphatic rings. The molecule has 24 heteroatoms. The monoisotopic (exact) mass is 1300 g/mol. The van der Waals surface area contributed by atoms with Crippen LogP contribution < -0.4 is 48.4 Å². The topological polar surface area (TPSA) is 326 Å². The van der Waals surface area contributed by atoms with E-state index in [4.69, 9.17) is 63.7 Å². The summed E-state index contributed by atoms with van der Waals surface area (Å²) in [5.41, 5.74) is 10.5. The van der Waals surface area contributed by atoms with Gasteiger partial charge in [0.1, 0.15) is 32.0 Å². The van der Waals surface area contributed by atoms with Crippen molar-refractivity contribution in [3.8, 4) is 57.5 Å². The molecular formula is C71H70N2O22. The maximum Gasteiger partial charge on any atom is 0.345 e. The average Bonchev–Trinajstić information content (AvgIpc) is 0.934. The van der Waals surface area contributed by atoms with Crippen LogP contribution in [0.1, 0.15) is 74.0 Å². The van der Waals surface area contributed by atoms with Gasteiger partial charge in [0.05, 0.1) is 95.8 Å². The van der Waals surface area contributed by atoms with E-state index in [1.807, 2.05) is 121 Å². The van der Waals surface area contributed by atoms with Crippen molar-refractivity contribution < 1.29 is 101 Å². The number of nitrogens with two attached hydrogens (primary N) is 1. The third-order valence-corrected chi connectivity index (χ3v) is 13.0. The zero-order valence-electron chi connectivity index (χ0n) is 53.0. The van der Waals surface area contributed by atoms with Crippen LogP contribution in [0.25, 0.3) is 0 Å². The van der Waals surface area contributed by atoms with Gasteiger partial charge in [0.15, 0.2) is 57.5 Å². The molecule has 9 rings (SSSR count). The summed E-state index contributed by atoms with van der Waals surface area (Å²) in [6.07, 6.45) is 0. The Bertz CT molecular complexity index is 3970. The van der Waals surface area contributed by atoms with Gasteiger partial charge in [0.25, 0.3) is 5.69 Å². The third-order valence-electron chi connectivity index (χ3n) is 13.0. The first kappa shape index (κ1) is 73.3. The minimum atomic E-state index is -1.05. The van der Waals surface area contributed by atoms with E-state index in [1.165, 1.54) is 92.2 Å². The number of rotatable bonds is 23. The van der Waals surface area contributed by atoms with Crippen molar-refractivity contribution >= 4 is 41.2 Å². The van der Waals surface area contributed by atoms with Gasteiger partial charge in [0, 0.05) is 18.2 Å². The van der Waals surface area contributed by atoms with Gasteiger partial charge in [-0.25, -0.2) is 24.0 Å². The van der Waals surface area contributed by atoms with Gasteiger partial charge < -0.3 is 77.9 Å². The molecule has 0 aromatic heterocycles. The van der Waals surface area contributed by atoms with Crippen molar-refractivity contribution in [2.45, 2.75) is 26.4 Å². The highest BCUT2D eigenvalue weighted by atomic mass is 16.6. The molecule has 0 fully saturated rings. The summed E-state index contributed by atoms with van der Waals surface area (Å²) in [6, 6.07) is 57.4. The largest absolute Gasteiger partial charge is 0.504 e. The van der Waals surface area contributed by atoms with Crippen molar-refractivity contribution in [2.75, 3.05) is 62.6 Å². The highest BCUT2D eigenvalue weighted by Crippen LogP contribution is 2.37. The first-order valence-electron chi connectivity index (χ1n) is 28.3. The van der Waals surface area contributed by atoms with E-state index >= 15 is 0 Å².